The molecule has 0 aliphatic rings. The zero-order valence-corrected chi connectivity index (χ0v) is 19.4. The van der Waals surface area contributed by atoms with E-state index in [0.29, 0.717) is 64.3 Å². The highest BCUT2D eigenvalue weighted by Gasteiger charge is 2.14. The van der Waals surface area contributed by atoms with Crippen molar-refractivity contribution in [3.8, 4) is 5.75 Å². The van der Waals surface area contributed by atoms with Gasteiger partial charge >= 0.3 is 0 Å². The molecule has 0 fully saturated rings. The molecule has 0 N–H and O–H groups in total. The molecule has 31 heavy (non-hydrogen) atoms. The van der Waals surface area contributed by atoms with Gasteiger partial charge < -0.3 is 9.47 Å². The van der Waals surface area contributed by atoms with Crippen LogP contribution in [0.15, 0.2) is 46.3 Å². The molecule has 3 aromatic rings. The Morgan fingerprint density at radius 3 is 2.74 bits per heavy atom. The Labute approximate surface area is 190 Å². The van der Waals surface area contributed by atoms with Crippen LogP contribution in [0.4, 0.5) is 0 Å². The van der Waals surface area contributed by atoms with E-state index in [1.165, 1.54) is 18.7 Å². The summed E-state index contributed by atoms with van der Waals surface area (Å²) in [5, 5.41) is 1.65. The number of methoxy groups -OCH3 is 1. The fraction of sp³-hybridized carbons (Fsp3) is 0.348. The Hall–Kier alpha value is -2.35. The molecule has 6 nitrogen and oxygen atoms in total. The summed E-state index contributed by atoms with van der Waals surface area (Å²) in [6.07, 6.45) is 0.700. The molecule has 0 saturated heterocycles. The largest absolute Gasteiger partial charge is 0.496 e. The van der Waals surface area contributed by atoms with Crippen molar-refractivity contribution in [1.29, 1.82) is 0 Å². The van der Waals surface area contributed by atoms with Crippen molar-refractivity contribution in [1.82, 2.24) is 9.55 Å². The van der Waals surface area contributed by atoms with Gasteiger partial charge in [-0.05, 0) is 56.7 Å². The van der Waals surface area contributed by atoms with E-state index in [1.807, 2.05) is 13.0 Å². The number of hydrogen-bond donors (Lipinski definition) is 0. The van der Waals surface area contributed by atoms with Crippen molar-refractivity contribution in [3.63, 3.8) is 0 Å². The fourth-order valence-electron chi connectivity index (χ4n) is 3.20. The summed E-state index contributed by atoms with van der Waals surface area (Å²) in [6.45, 7) is 5.18. The third kappa shape index (κ3) is 5.67. The van der Waals surface area contributed by atoms with Gasteiger partial charge in [0.15, 0.2) is 10.9 Å². The highest BCUT2D eigenvalue weighted by atomic mass is 35.5. The first-order valence-electron chi connectivity index (χ1n) is 10.0. The number of ketones is 1. The van der Waals surface area contributed by atoms with Gasteiger partial charge in [-0.3, -0.25) is 14.2 Å². The standard InChI is InChI=1S/C23H25ClN2O4S/c1-4-30-11-5-10-26-22(28)19-8-7-18(24)13-20(19)25-23(26)31-14-17-12-16(15(2)27)6-9-21(17)29-3/h6-9,12-13H,4-5,10-11,14H2,1-3H3. The lowest BCUT2D eigenvalue weighted by atomic mass is 10.1. The van der Waals surface area contributed by atoms with E-state index in [4.69, 9.17) is 26.1 Å². The maximum Gasteiger partial charge on any atom is 0.262 e. The van der Waals surface area contributed by atoms with Crippen LogP contribution in [-0.4, -0.2) is 35.7 Å². The van der Waals surface area contributed by atoms with Crippen LogP contribution < -0.4 is 10.3 Å². The van der Waals surface area contributed by atoms with Crippen molar-refractivity contribution in [3.05, 3.63) is 62.9 Å². The van der Waals surface area contributed by atoms with Crippen LogP contribution in [0.3, 0.4) is 0 Å². The van der Waals surface area contributed by atoms with Gasteiger partial charge in [0, 0.05) is 41.7 Å². The van der Waals surface area contributed by atoms with E-state index in [9.17, 15) is 9.59 Å². The predicted octanol–water partition coefficient (Wildman–Crippen LogP) is 4.98. The second-order valence-electron chi connectivity index (χ2n) is 6.93. The molecule has 0 spiro atoms. The first kappa shape index (κ1) is 23.3. The van der Waals surface area contributed by atoms with Crippen molar-refractivity contribution < 1.29 is 14.3 Å². The monoisotopic (exact) mass is 460 g/mol. The summed E-state index contributed by atoms with van der Waals surface area (Å²) >= 11 is 7.55. The molecule has 0 radical (unpaired) electrons. The van der Waals surface area contributed by atoms with Crippen LogP contribution in [-0.2, 0) is 17.0 Å². The number of carbonyl (C=O) groups is 1. The molecule has 8 heteroatoms. The molecule has 0 saturated carbocycles. The number of aromatic nitrogens is 2. The Morgan fingerprint density at radius 2 is 2.03 bits per heavy atom. The molecule has 164 valence electrons. The van der Waals surface area contributed by atoms with E-state index < -0.39 is 0 Å². The number of hydrogen-bond acceptors (Lipinski definition) is 6. The number of halogens is 1. The lowest BCUT2D eigenvalue weighted by Crippen LogP contribution is -2.24. The van der Waals surface area contributed by atoms with E-state index in [1.54, 1.807) is 42.0 Å². The van der Waals surface area contributed by atoms with Crippen LogP contribution in [0, 0.1) is 0 Å². The summed E-state index contributed by atoms with van der Waals surface area (Å²) in [6, 6.07) is 10.5. The second-order valence-corrected chi connectivity index (χ2v) is 8.31. The molecule has 1 heterocycles. The number of fused-ring (bicyclic) bond motifs is 1. The van der Waals surface area contributed by atoms with Crippen molar-refractivity contribution in [2.75, 3.05) is 20.3 Å². The van der Waals surface area contributed by atoms with Gasteiger partial charge in [0.2, 0.25) is 0 Å². The molecule has 0 unspecified atom stereocenters. The number of Topliss-reactive ketones (excluding diaryl/α,β-unsaturated/α-hetero) is 1. The lowest BCUT2D eigenvalue weighted by Gasteiger charge is -2.14. The number of carbonyl (C=O) groups excluding carboxylic acids is 1. The summed E-state index contributed by atoms with van der Waals surface area (Å²) in [5.74, 6) is 1.17. The number of benzene rings is 2. The van der Waals surface area contributed by atoms with Crippen molar-refractivity contribution in [2.24, 2.45) is 0 Å². The van der Waals surface area contributed by atoms with E-state index in [-0.39, 0.29) is 11.3 Å². The number of rotatable bonds is 10. The highest BCUT2D eigenvalue weighted by molar-refractivity contribution is 7.98. The molecule has 0 amide bonds. The minimum atomic E-state index is -0.106. The van der Waals surface area contributed by atoms with Crippen molar-refractivity contribution in [2.45, 2.75) is 37.7 Å². The van der Waals surface area contributed by atoms with Gasteiger partial charge in [0.1, 0.15) is 5.75 Å². The molecule has 0 atom stereocenters. The van der Waals surface area contributed by atoms with Gasteiger partial charge in [0.25, 0.3) is 5.56 Å². The predicted molar refractivity (Wildman–Crippen MR) is 125 cm³/mol. The molecular formula is C23H25ClN2O4S. The Kier molecular flexibility index (Phi) is 8.12. The van der Waals surface area contributed by atoms with Crippen LogP contribution >= 0.6 is 23.4 Å². The third-order valence-corrected chi connectivity index (χ3v) is 6.06. The van der Waals surface area contributed by atoms with Crippen molar-refractivity contribution >= 4 is 40.0 Å². The maximum atomic E-state index is 13.2. The summed E-state index contributed by atoms with van der Waals surface area (Å²) < 4.78 is 12.6. The first-order valence-corrected chi connectivity index (χ1v) is 11.4. The molecule has 0 bridgehead atoms. The van der Waals surface area contributed by atoms with E-state index in [2.05, 4.69) is 0 Å². The molecule has 1 aromatic heterocycles. The summed E-state index contributed by atoms with van der Waals surface area (Å²) in [4.78, 5) is 29.7. The van der Waals surface area contributed by atoms with Crippen LogP contribution in [0.1, 0.15) is 36.2 Å². The maximum absolute atomic E-state index is 13.2. The minimum Gasteiger partial charge on any atom is -0.496 e. The molecule has 2 aromatic carbocycles. The topological polar surface area (TPSA) is 70.4 Å². The van der Waals surface area contributed by atoms with Gasteiger partial charge in [-0.25, -0.2) is 4.98 Å². The highest BCUT2D eigenvalue weighted by Crippen LogP contribution is 2.29. The third-order valence-electron chi connectivity index (χ3n) is 4.80. The number of thioether (sulfide) groups is 1. The van der Waals surface area contributed by atoms with Gasteiger partial charge in [-0.15, -0.1) is 0 Å². The van der Waals surface area contributed by atoms with Crippen LogP contribution in [0.25, 0.3) is 10.9 Å². The lowest BCUT2D eigenvalue weighted by molar-refractivity contribution is 0.101. The van der Waals surface area contributed by atoms with Gasteiger partial charge in [-0.2, -0.15) is 0 Å². The SMILES string of the molecule is CCOCCCn1c(SCc2cc(C(C)=O)ccc2OC)nc2cc(Cl)ccc2c1=O. The van der Waals surface area contributed by atoms with Crippen LogP contribution in [0.2, 0.25) is 5.02 Å². The van der Waals surface area contributed by atoms with E-state index >= 15 is 0 Å². The number of nitrogens with zero attached hydrogens (tertiary/aromatic N) is 2. The Morgan fingerprint density at radius 1 is 1.23 bits per heavy atom. The molecule has 3 rings (SSSR count). The van der Waals surface area contributed by atoms with Crippen LogP contribution in [0.5, 0.6) is 5.75 Å². The van der Waals surface area contributed by atoms with Gasteiger partial charge in [-0.1, -0.05) is 23.4 Å². The zero-order valence-electron chi connectivity index (χ0n) is 17.8. The number of ether oxygens (including phenoxy) is 2. The summed E-state index contributed by atoms with van der Waals surface area (Å²) in [5.41, 5.74) is 1.93. The zero-order chi connectivity index (χ0) is 22.4. The molecular weight excluding hydrogens is 436 g/mol. The molecule has 0 aliphatic heterocycles. The first-order chi connectivity index (χ1) is 14.9. The smallest absolute Gasteiger partial charge is 0.262 e. The molecule has 0 aliphatic carbocycles. The fourth-order valence-corrected chi connectivity index (χ4v) is 4.37. The normalized spacial score (nSPS) is 11.1. The summed E-state index contributed by atoms with van der Waals surface area (Å²) in [7, 11) is 1.59. The Balaban J connectivity index is 1.97. The Bertz CT molecular complexity index is 1150. The average molecular weight is 461 g/mol. The average Bonchev–Trinajstić information content (AvgIpc) is 2.76. The minimum absolute atomic E-state index is 0.0137. The quantitative estimate of drug-likeness (QED) is 0.184. The van der Waals surface area contributed by atoms with E-state index in [0.717, 1.165) is 5.56 Å². The second kappa shape index (κ2) is 10.8. The van der Waals surface area contributed by atoms with Gasteiger partial charge in [0.05, 0.1) is 18.0 Å².